The summed E-state index contributed by atoms with van der Waals surface area (Å²) in [6.07, 6.45) is 8.41. The molecule has 26 heavy (non-hydrogen) atoms. The molecule has 158 valence electrons. The number of hydrogen-bond donors (Lipinski definition) is 0. The summed E-state index contributed by atoms with van der Waals surface area (Å²) < 4.78 is 0. The molecule has 0 aliphatic heterocycles. The fourth-order valence-electron chi connectivity index (χ4n) is 7.50. The highest BCUT2D eigenvalue weighted by atomic mass is 29.3. The fraction of sp³-hybridized carbons (Fsp3) is 1.00. The first kappa shape index (κ1) is 26.4. The summed E-state index contributed by atoms with van der Waals surface area (Å²) in [6, 6.07) is 0. The molecular formula is C24H54Si2. The Bertz CT molecular complexity index is 289. The first-order valence-corrected chi connectivity index (χ1v) is 17.6. The van der Waals surface area contributed by atoms with Gasteiger partial charge in [-0.05, 0) is 33.2 Å². The molecule has 6 unspecified atom stereocenters. The Morgan fingerprint density at radius 1 is 0.346 bits per heavy atom. The van der Waals surface area contributed by atoms with E-state index in [1.54, 1.807) is 0 Å². The highest BCUT2D eigenvalue weighted by Gasteiger charge is 2.65. The highest BCUT2D eigenvalue weighted by Crippen LogP contribution is 2.63. The van der Waals surface area contributed by atoms with Crippen molar-refractivity contribution >= 4 is 15.2 Å². The maximum Gasteiger partial charge on any atom is 0.0569 e. The summed E-state index contributed by atoms with van der Waals surface area (Å²) >= 11 is 0. The Kier molecular flexibility index (Phi) is 11.6. The minimum atomic E-state index is -1.50. The van der Waals surface area contributed by atoms with Crippen LogP contribution in [0.15, 0.2) is 0 Å². The average molecular weight is 399 g/mol. The van der Waals surface area contributed by atoms with Crippen molar-refractivity contribution in [1.29, 1.82) is 0 Å². The summed E-state index contributed by atoms with van der Waals surface area (Å²) in [5.41, 5.74) is 5.81. The molecule has 0 spiro atoms. The van der Waals surface area contributed by atoms with Crippen molar-refractivity contribution in [3.05, 3.63) is 0 Å². The molecule has 0 N–H and O–H groups in total. The van der Waals surface area contributed by atoms with Crippen LogP contribution in [0, 0.1) is 0 Å². The van der Waals surface area contributed by atoms with Crippen LogP contribution in [-0.2, 0) is 0 Å². The van der Waals surface area contributed by atoms with Gasteiger partial charge in [0.2, 0.25) is 0 Å². The third-order valence-corrected chi connectivity index (χ3v) is 36.4. The summed E-state index contributed by atoms with van der Waals surface area (Å²) in [5, 5.41) is 0. The Morgan fingerprint density at radius 3 is 0.538 bits per heavy atom. The van der Waals surface area contributed by atoms with Crippen LogP contribution in [0.5, 0.6) is 0 Å². The predicted molar refractivity (Wildman–Crippen MR) is 130 cm³/mol. The highest BCUT2D eigenvalue weighted by molar-refractivity contribution is 7.45. The minimum Gasteiger partial charge on any atom is -0.0654 e. The van der Waals surface area contributed by atoms with Crippen LogP contribution in [0.25, 0.3) is 0 Å². The zero-order valence-electron chi connectivity index (χ0n) is 20.7. The summed E-state index contributed by atoms with van der Waals surface area (Å²) in [4.78, 5) is 0. The predicted octanol–water partition coefficient (Wildman–Crippen LogP) is 9.76. The molecule has 0 aliphatic rings. The maximum atomic E-state index is 2.69. The summed E-state index contributed by atoms with van der Waals surface area (Å²) in [5.74, 6) is 0. The molecular weight excluding hydrogens is 344 g/mol. The van der Waals surface area contributed by atoms with E-state index in [0.717, 1.165) is 33.2 Å². The lowest BCUT2D eigenvalue weighted by Gasteiger charge is -2.65. The van der Waals surface area contributed by atoms with Crippen molar-refractivity contribution in [2.75, 3.05) is 0 Å². The van der Waals surface area contributed by atoms with Crippen molar-refractivity contribution < 1.29 is 0 Å². The van der Waals surface area contributed by atoms with Gasteiger partial charge in [0.25, 0.3) is 0 Å². The normalized spacial score (nSPS) is 24.0. The monoisotopic (exact) mass is 398 g/mol. The lowest BCUT2D eigenvalue weighted by atomic mass is 10.3. The van der Waals surface area contributed by atoms with E-state index >= 15 is 0 Å². The van der Waals surface area contributed by atoms with Crippen molar-refractivity contribution in [1.82, 2.24) is 0 Å². The average Bonchev–Trinajstić information content (AvgIpc) is 2.68. The van der Waals surface area contributed by atoms with Crippen LogP contribution in [0.1, 0.15) is 122 Å². The van der Waals surface area contributed by atoms with Gasteiger partial charge in [-0.15, -0.1) is 0 Å². The smallest absolute Gasteiger partial charge is 0.0569 e. The van der Waals surface area contributed by atoms with Crippen molar-refractivity contribution in [2.45, 2.75) is 155 Å². The molecule has 6 atom stereocenters. The Hall–Kier alpha value is 0.434. The van der Waals surface area contributed by atoms with Gasteiger partial charge >= 0.3 is 0 Å². The summed E-state index contributed by atoms with van der Waals surface area (Å²) in [6.45, 7) is 31.2. The molecule has 0 bridgehead atoms. The SMILES string of the molecule is CCC(C)[Si](C(C)CC)(C(C)CC)[Si](C(C)CC)(C(C)CC)C(C)CC. The molecule has 0 aliphatic carbocycles. The van der Waals surface area contributed by atoms with E-state index < -0.39 is 15.2 Å². The third-order valence-electron chi connectivity index (χ3n) is 9.32. The quantitative estimate of drug-likeness (QED) is 0.271. The lowest BCUT2D eigenvalue weighted by molar-refractivity contribution is 0.656. The molecule has 2 heteroatoms. The maximum absolute atomic E-state index is 2.69. The summed E-state index contributed by atoms with van der Waals surface area (Å²) in [7, 11) is -3.00. The molecule has 0 saturated heterocycles. The molecule has 0 saturated carbocycles. The Morgan fingerprint density at radius 2 is 0.462 bits per heavy atom. The van der Waals surface area contributed by atoms with Gasteiger partial charge in [-0.1, -0.05) is 122 Å². The van der Waals surface area contributed by atoms with Gasteiger partial charge in [-0.25, -0.2) is 0 Å². The third kappa shape index (κ3) is 4.07. The standard InChI is InChI=1S/C24H54Si2/c1-13-19(7)25(20(8)14-2,21(9)15-3)26(22(10)16-4,23(11)17-5)24(12)18-6/h19-24H,13-18H2,1-12H3. The molecule has 0 radical (unpaired) electrons. The molecule has 0 aromatic rings. The van der Waals surface area contributed by atoms with E-state index in [-0.39, 0.29) is 0 Å². The van der Waals surface area contributed by atoms with Gasteiger partial charge in [0.1, 0.15) is 0 Å². The van der Waals surface area contributed by atoms with E-state index in [2.05, 4.69) is 83.1 Å². The van der Waals surface area contributed by atoms with Gasteiger partial charge < -0.3 is 0 Å². The second-order valence-electron chi connectivity index (χ2n) is 9.72. The molecule has 0 aromatic heterocycles. The van der Waals surface area contributed by atoms with Gasteiger partial charge in [0, 0.05) is 0 Å². The van der Waals surface area contributed by atoms with E-state index in [9.17, 15) is 0 Å². The second kappa shape index (κ2) is 11.4. The molecule has 0 amide bonds. The van der Waals surface area contributed by atoms with E-state index in [1.807, 2.05) is 0 Å². The number of hydrogen-bond acceptors (Lipinski definition) is 0. The van der Waals surface area contributed by atoms with Gasteiger partial charge in [0.05, 0.1) is 15.2 Å². The van der Waals surface area contributed by atoms with Gasteiger partial charge in [-0.3, -0.25) is 0 Å². The molecule has 0 heterocycles. The van der Waals surface area contributed by atoms with E-state index in [1.165, 1.54) is 38.5 Å². The van der Waals surface area contributed by atoms with Crippen LogP contribution < -0.4 is 0 Å². The van der Waals surface area contributed by atoms with Crippen molar-refractivity contribution in [3.8, 4) is 0 Å². The largest absolute Gasteiger partial charge is 0.0654 e. The van der Waals surface area contributed by atoms with E-state index in [0.29, 0.717) is 0 Å². The topological polar surface area (TPSA) is 0 Å². The molecule has 0 fully saturated rings. The number of rotatable bonds is 13. The van der Waals surface area contributed by atoms with Crippen LogP contribution in [0.3, 0.4) is 0 Å². The fourth-order valence-corrected chi connectivity index (χ4v) is 41.5. The van der Waals surface area contributed by atoms with Gasteiger partial charge in [0.15, 0.2) is 0 Å². The first-order valence-electron chi connectivity index (χ1n) is 12.1. The minimum absolute atomic E-state index is 0.969. The van der Waals surface area contributed by atoms with Crippen LogP contribution in [0.2, 0.25) is 33.2 Å². The van der Waals surface area contributed by atoms with Crippen molar-refractivity contribution in [3.63, 3.8) is 0 Å². The van der Waals surface area contributed by atoms with E-state index in [4.69, 9.17) is 0 Å². The lowest BCUT2D eigenvalue weighted by Crippen LogP contribution is -2.74. The zero-order chi connectivity index (χ0) is 20.7. The second-order valence-corrected chi connectivity index (χ2v) is 24.6. The van der Waals surface area contributed by atoms with Crippen LogP contribution in [-0.4, -0.2) is 15.2 Å². The first-order chi connectivity index (χ1) is 12.1. The Balaban J connectivity index is 7.25. The van der Waals surface area contributed by atoms with Gasteiger partial charge in [-0.2, -0.15) is 0 Å². The zero-order valence-corrected chi connectivity index (χ0v) is 22.7. The van der Waals surface area contributed by atoms with Crippen molar-refractivity contribution in [2.24, 2.45) is 0 Å². The molecule has 0 rings (SSSR count). The van der Waals surface area contributed by atoms with Crippen LogP contribution in [0.4, 0.5) is 0 Å². The van der Waals surface area contributed by atoms with Crippen LogP contribution >= 0.6 is 0 Å². The Labute approximate surface area is 170 Å². The molecule has 0 nitrogen and oxygen atoms in total. The molecule has 0 aromatic carbocycles.